The minimum absolute atomic E-state index is 0.0260. The summed E-state index contributed by atoms with van der Waals surface area (Å²) in [4.78, 5) is 4.25. The second-order valence-corrected chi connectivity index (χ2v) is 5.32. The molecule has 0 radical (unpaired) electrons. The molecule has 1 fully saturated rings. The lowest BCUT2D eigenvalue weighted by Crippen LogP contribution is -2.43. The maximum absolute atomic E-state index is 8.97. The molecule has 1 unspecified atom stereocenters. The molecule has 20 heavy (non-hydrogen) atoms. The second kappa shape index (κ2) is 6.10. The van der Waals surface area contributed by atoms with E-state index in [4.69, 9.17) is 15.7 Å². The number of hydrogen-bond acceptors (Lipinski definition) is 5. The molecule has 1 aromatic rings. The molecule has 1 atom stereocenters. The number of ether oxygens (including phenoxy) is 1. The number of nitrogens with two attached hydrogens (primary N) is 1. The number of hydrogen-bond donors (Lipinski definition) is 2. The fourth-order valence-electron chi connectivity index (χ4n) is 2.74. The van der Waals surface area contributed by atoms with Crippen molar-refractivity contribution in [1.29, 1.82) is 5.26 Å². The first-order chi connectivity index (χ1) is 9.62. The highest BCUT2D eigenvalue weighted by Gasteiger charge is 2.34. The third-order valence-corrected chi connectivity index (χ3v) is 4.17. The van der Waals surface area contributed by atoms with Gasteiger partial charge in [0.05, 0.1) is 11.3 Å². The zero-order valence-corrected chi connectivity index (χ0v) is 12.1. The second-order valence-electron chi connectivity index (χ2n) is 5.32. The number of anilines is 2. The molecule has 0 amide bonds. The molecular weight excluding hydrogens is 252 g/mol. The van der Waals surface area contributed by atoms with Crippen LogP contribution >= 0.6 is 0 Å². The number of nitriles is 1. The Morgan fingerprint density at radius 2 is 2.25 bits per heavy atom. The molecule has 2 heterocycles. The van der Waals surface area contributed by atoms with Crippen LogP contribution in [0.15, 0.2) is 12.1 Å². The van der Waals surface area contributed by atoms with Crippen LogP contribution < -0.4 is 11.1 Å². The molecule has 1 aliphatic rings. The SMILES string of the molecule is CCC1(CC)CC(Nc2ccc(N)c(C#N)n2)CCO1. The van der Waals surface area contributed by atoms with Gasteiger partial charge < -0.3 is 15.8 Å². The number of nitrogen functional groups attached to an aromatic ring is 1. The fraction of sp³-hybridized carbons (Fsp3) is 0.600. The van der Waals surface area contributed by atoms with Crippen LogP contribution in [0.2, 0.25) is 0 Å². The van der Waals surface area contributed by atoms with Crippen LogP contribution in [-0.4, -0.2) is 23.2 Å². The molecule has 1 aliphatic heterocycles. The fourth-order valence-corrected chi connectivity index (χ4v) is 2.74. The molecule has 5 nitrogen and oxygen atoms in total. The molecule has 1 aromatic heterocycles. The van der Waals surface area contributed by atoms with E-state index in [0.717, 1.165) is 32.3 Å². The summed E-state index contributed by atoms with van der Waals surface area (Å²) < 4.78 is 5.96. The Morgan fingerprint density at radius 3 is 2.90 bits per heavy atom. The van der Waals surface area contributed by atoms with Gasteiger partial charge in [0.2, 0.25) is 0 Å². The van der Waals surface area contributed by atoms with Crippen LogP contribution in [-0.2, 0) is 4.74 Å². The Hall–Kier alpha value is -1.80. The predicted molar refractivity (Wildman–Crippen MR) is 79.3 cm³/mol. The highest BCUT2D eigenvalue weighted by molar-refractivity contribution is 5.54. The Kier molecular flexibility index (Phi) is 4.46. The van der Waals surface area contributed by atoms with Gasteiger partial charge in [-0.25, -0.2) is 4.98 Å². The van der Waals surface area contributed by atoms with E-state index >= 15 is 0 Å². The van der Waals surface area contributed by atoms with Crippen molar-refractivity contribution in [3.05, 3.63) is 17.8 Å². The molecular formula is C15H22N4O. The standard InChI is InChI=1S/C15H22N4O/c1-3-15(4-2)9-11(7-8-20-15)18-14-6-5-12(17)13(10-16)19-14/h5-6,11H,3-4,7-9,17H2,1-2H3,(H,18,19). The molecule has 108 valence electrons. The average Bonchev–Trinajstić information content (AvgIpc) is 2.49. The highest BCUT2D eigenvalue weighted by Crippen LogP contribution is 2.32. The zero-order chi connectivity index (χ0) is 14.6. The Balaban J connectivity index is 2.08. The van der Waals surface area contributed by atoms with Crippen LogP contribution in [0, 0.1) is 11.3 Å². The highest BCUT2D eigenvalue weighted by atomic mass is 16.5. The molecule has 0 spiro atoms. The van der Waals surface area contributed by atoms with E-state index in [1.165, 1.54) is 0 Å². The summed E-state index contributed by atoms with van der Waals surface area (Å²) >= 11 is 0. The maximum Gasteiger partial charge on any atom is 0.165 e. The van der Waals surface area contributed by atoms with Gasteiger partial charge in [0.1, 0.15) is 11.9 Å². The van der Waals surface area contributed by atoms with E-state index in [0.29, 0.717) is 17.5 Å². The van der Waals surface area contributed by atoms with Crippen molar-refractivity contribution in [2.24, 2.45) is 0 Å². The Morgan fingerprint density at radius 1 is 1.50 bits per heavy atom. The van der Waals surface area contributed by atoms with Gasteiger partial charge in [0.15, 0.2) is 5.69 Å². The number of rotatable bonds is 4. The van der Waals surface area contributed by atoms with E-state index in [1.54, 1.807) is 6.07 Å². The number of nitrogens with zero attached hydrogens (tertiary/aromatic N) is 2. The topological polar surface area (TPSA) is 84.0 Å². The smallest absolute Gasteiger partial charge is 0.165 e. The van der Waals surface area contributed by atoms with Gasteiger partial charge >= 0.3 is 0 Å². The lowest BCUT2D eigenvalue weighted by Gasteiger charge is -2.40. The first-order valence-corrected chi connectivity index (χ1v) is 7.19. The lowest BCUT2D eigenvalue weighted by atomic mass is 9.86. The van der Waals surface area contributed by atoms with E-state index in [1.807, 2.05) is 12.1 Å². The van der Waals surface area contributed by atoms with Crippen molar-refractivity contribution in [1.82, 2.24) is 4.98 Å². The number of aromatic nitrogens is 1. The van der Waals surface area contributed by atoms with E-state index in [9.17, 15) is 0 Å². The maximum atomic E-state index is 8.97. The molecule has 0 bridgehead atoms. The summed E-state index contributed by atoms with van der Waals surface area (Å²) in [6.45, 7) is 5.10. The van der Waals surface area contributed by atoms with E-state index in [-0.39, 0.29) is 11.3 Å². The average molecular weight is 274 g/mol. The molecule has 3 N–H and O–H groups in total. The van der Waals surface area contributed by atoms with Crippen LogP contribution in [0.3, 0.4) is 0 Å². The largest absolute Gasteiger partial charge is 0.396 e. The zero-order valence-electron chi connectivity index (χ0n) is 12.1. The lowest BCUT2D eigenvalue weighted by molar-refractivity contribution is -0.0864. The first-order valence-electron chi connectivity index (χ1n) is 7.19. The van der Waals surface area contributed by atoms with Crippen molar-refractivity contribution in [3.8, 4) is 6.07 Å². The van der Waals surface area contributed by atoms with E-state index < -0.39 is 0 Å². The van der Waals surface area contributed by atoms with Gasteiger partial charge in [0, 0.05) is 12.6 Å². The van der Waals surface area contributed by atoms with Gasteiger partial charge in [-0.2, -0.15) is 5.26 Å². The predicted octanol–water partition coefficient (Wildman–Crippen LogP) is 2.69. The van der Waals surface area contributed by atoms with E-state index in [2.05, 4.69) is 24.1 Å². The van der Waals surface area contributed by atoms with Gasteiger partial charge in [0.25, 0.3) is 0 Å². The van der Waals surface area contributed by atoms with Crippen LogP contribution in [0.1, 0.15) is 45.2 Å². The minimum Gasteiger partial charge on any atom is -0.396 e. The summed E-state index contributed by atoms with van der Waals surface area (Å²) in [5.74, 6) is 0.712. The molecule has 0 aromatic carbocycles. The van der Waals surface area contributed by atoms with Crippen molar-refractivity contribution in [2.75, 3.05) is 17.7 Å². The first kappa shape index (κ1) is 14.6. The van der Waals surface area contributed by atoms with Crippen LogP contribution in [0.4, 0.5) is 11.5 Å². The van der Waals surface area contributed by atoms with Crippen molar-refractivity contribution in [2.45, 2.75) is 51.2 Å². The van der Waals surface area contributed by atoms with Crippen molar-refractivity contribution >= 4 is 11.5 Å². The molecule has 0 aliphatic carbocycles. The summed E-state index contributed by atoms with van der Waals surface area (Å²) in [5.41, 5.74) is 6.36. The number of pyridine rings is 1. The quantitative estimate of drug-likeness (QED) is 0.881. The third kappa shape index (κ3) is 3.02. The summed E-state index contributed by atoms with van der Waals surface area (Å²) in [6, 6.07) is 5.88. The summed E-state index contributed by atoms with van der Waals surface area (Å²) in [5, 5.41) is 12.4. The summed E-state index contributed by atoms with van der Waals surface area (Å²) in [6.07, 6.45) is 3.95. The summed E-state index contributed by atoms with van der Waals surface area (Å²) in [7, 11) is 0. The van der Waals surface area contributed by atoms with Crippen molar-refractivity contribution < 1.29 is 4.74 Å². The monoisotopic (exact) mass is 274 g/mol. The molecule has 2 rings (SSSR count). The van der Waals surface area contributed by atoms with Gasteiger partial charge in [-0.3, -0.25) is 0 Å². The minimum atomic E-state index is -0.0260. The third-order valence-electron chi connectivity index (χ3n) is 4.17. The molecule has 0 saturated carbocycles. The Bertz CT molecular complexity index is 505. The number of nitrogens with one attached hydrogen (secondary N) is 1. The Labute approximate surface area is 120 Å². The van der Waals surface area contributed by atoms with Gasteiger partial charge in [-0.05, 0) is 37.8 Å². The molecule has 5 heteroatoms. The van der Waals surface area contributed by atoms with Gasteiger partial charge in [-0.1, -0.05) is 13.8 Å². The van der Waals surface area contributed by atoms with Gasteiger partial charge in [-0.15, -0.1) is 0 Å². The normalized spacial score (nSPS) is 21.1. The van der Waals surface area contributed by atoms with Crippen LogP contribution in [0.5, 0.6) is 0 Å². The molecule has 1 saturated heterocycles. The van der Waals surface area contributed by atoms with Crippen LogP contribution in [0.25, 0.3) is 0 Å². The van der Waals surface area contributed by atoms with Crippen molar-refractivity contribution in [3.63, 3.8) is 0 Å².